The second kappa shape index (κ2) is 7.06. The Kier molecular flexibility index (Phi) is 5.98. The molecule has 1 atom stereocenters. The summed E-state index contributed by atoms with van der Waals surface area (Å²) < 4.78 is 5.91. The number of hydrogen-bond donors (Lipinski definition) is 3. The minimum Gasteiger partial charge on any atom is -0.444 e. The van der Waals surface area contributed by atoms with E-state index in [1.54, 1.807) is 39.0 Å². The lowest BCUT2D eigenvalue weighted by atomic mass is 10.1. The molecular weight excluding hydrogens is 324 g/mol. The molecule has 0 fully saturated rings. The SMILES string of the molecule is CC(C)(C)OC(=O)Nc1cc(C(O)CCN)ccc1Br. The van der Waals surface area contributed by atoms with Crippen LogP contribution in [0.4, 0.5) is 10.5 Å². The van der Waals surface area contributed by atoms with Crippen LogP contribution < -0.4 is 11.1 Å². The van der Waals surface area contributed by atoms with E-state index >= 15 is 0 Å². The molecule has 112 valence electrons. The van der Waals surface area contributed by atoms with Gasteiger partial charge in [-0.25, -0.2) is 4.79 Å². The van der Waals surface area contributed by atoms with Crippen LogP contribution in [0.5, 0.6) is 0 Å². The van der Waals surface area contributed by atoms with E-state index in [1.807, 2.05) is 0 Å². The summed E-state index contributed by atoms with van der Waals surface area (Å²) in [5, 5.41) is 12.6. The van der Waals surface area contributed by atoms with Crippen molar-refractivity contribution in [1.82, 2.24) is 0 Å². The topological polar surface area (TPSA) is 84.6 Å². The molecule has 1 unspecified atom stereocenters. The summed E-state index contributed by atoms with van der Waals surface area (Å²) in [6.45, 7) is 5.78. The van der Waals surface area contributed by atoms with Crippen LogP contribution in [0.25, 0.3) is 0 Å². The van der Waals surface area contributed by atoms with E-state index < -0.39 is 17.8 Å². The van der Waals surface area contributed by atoms with Crippen molar-refractivity contribution >= 4 is 27.7 Å². The highest BCUT2D eigenvalue weighted by molar-refractivity contribution is 9.10. The number of halogens is 1. The third-order valence-corrected chi connectivity index (χ3v) is 3.14. The van der Waals surface area contributed by atoms with Crippen LogP contribution in [0.2, 0.25) is 0 Å². The molecule has 0 heterocycles. The van der Waals surface area contributed by atoms with Crippen molar-refractivity contribution in [3.63, 3.8) is 0 Å². The molecule has 0 saturated carbocycles. The molecule has 4 N–H and O–H groups in total. The van der Waals surface area contributed by atoms with E-state index in [4.69, 9.17) is 10.5 Å². The fraction of sp³-hybridized carbons (Fsp3) is 0.500. The largest absolute Gasteiger partial charge is 0.444 e. The molecule has 0 aromatic heterocycles. The quantitative estimate of drug-likeness (QED) is 0.783. The van der Waals surface area contributed by atoms with Gasteiger partial charge in [-0.1, -0.05) is 6.07 Å². The van der Waals surface area contributed by atoms with E-state index in [0.29, 0.717) is 28.7 Å². The molecule has 0 saturated heterocycles. The van der Waals surface area contributed by atoms with Crippen LogP contribution in [0, 0.1) is 0 Å². The van der Waals surface area contributed by atoms with Crippen molar-refractivity contribution < 1.29 is 14.6 Å². The number of rotatable bonds is 4. The summed E-state index contributed by atoms with van der Waals surface area (Å²) >= 11 is 3.35. The molecule has 0 aliphatic rings. The molecule has 0 aliphatic carbocycles. The average Bonchev–Trinajstić information content (AvgIpc) is 2.29. The molecule has 1 aromatic rings. The minimum absolute atomic E-state index is 0.395. The maximum Gasteiger partial charge on any atom is 0.412 e. The summed E-state index contributed by atoms with van der Waals surface area (Å²) in [4.78, 5) is 11.8. The smallest absolute Gasteiger partial charge is 0.412 e. The molecule has 1 amide bonds. The Bertz CT molecular complexity index is 472. The molecule has 1 aromatic carbocycles. The monoisotopic (exact) mass is 344 g/mol. The van der Waals surface area contributed by atoms with Crippen LogP contribution >= 0.6 is 15.9 Å². The maximum atomic E-state index is 11.8. The second-order valence-corrected chi connectivity index (χ2v) is 6.31. The standard InChI is InChI=1S/C14H21BrN2O3/c1-14(2,3)20-13(19)17-11-8-9(4-5-10(11)15)12(18)6-7-16/h4-5,8,12,18H,6-7,16H2,1-3H3,(H,17,19). The zero-order valence-electron chi connectivity index (χ0n) is 11.9. The maximum absolute atomic E-state index is 11.8. The van der Waals surface area contributed by atoms with E-state index in [1.165, 1.54) is 0 Å². The van der Waals surface area contributed by atoms with Gasteiger partial charge in [0.05, 0.1) is 11.8 Å². The Morgan fingerprint density at radius 2 is 2.15 bits per heavy atom. The number of carbonyl (C=O) groups excluding carboxylic acids is 1. The van der Waals surface area contributed by atoms with Gasteiger partial charge in [0.2, 0.25) is 0 Å². The highest BCUT2D eigenvalue weighted by Gasteiger charge is 2.17. The fourth-order valence-corrected chi connectivity index (χ4v) is 1.93. The van der Waals surface area contributed by atoms with Crippen molar-refractivity contribution in [2.75, 3.05) is 11.9 Å². The van der Waals surface area contributed by atoms with Gasteiger partial charge in [-0.05, 0) is 67.4 Å². The summed E-state index contributed by atoms with van der Waals surface area (Å²) in [5.74, 6) is 0. The number of benzene rings is 1. The highest BCUT2D eigenvalue weighted by atomic mass is 79.9. The van der Waals surface area contributed by atoms with Crippen LogP contribution in [0.15, 0.2) is 22.7 Å². The number of amides is 1. The summed E-state index contributed by atoms with van der Waals surface area (Å²) in [7, 11) is 0. The Morgan fingerprint density at radius 1 is 1.50 bits per heavy atom. The van der Waals surface area contributed by atoms with Gasteiger partial charge < -0.3 is 15.6 Å². The number of anilines is 1. The van der Waals surface area contributed by atoms with Crippen LogP contribution in [0.3, 0.4) is 0 Å². The van der Waals surface area contributed by atoms with Gasteiger partial charge >= 0.3 is 6.09 Å². The fourth-order valence-electron chi connectivity index (χ4n) is 1.58. The van der Waals surface area contributed by atoms with Gasteiger partial charge in [0.1, 0.15) is 5.60 Å². The van der Waals surface area contributed by atoms with Crippen molar-refractivity contribution in [1.29, 1.82) is 0 Å². The number of carbonyl (C=O) groups is 1. The van der Waals surface area contributed by atoms with Gasteiger partial charge in [0, 0.05) is 4.47 Å². The number of nitrogens with two attached hydrogens (primary N) is 1. The molecule has 6 heteroatoms. The van der Waals surface area contributed by atoms with Crippen molar-refractivity contribution in [2.24, 2.45) is 5.73 Å². The second-order valence-electron chi connectivity index (χ2n) is 5.46. The summed E-state index contributed by atoms with van der Waals surface area (Å²) in [6, 6.07) is 5.25. The molecule has 0 aliphatic heterocycles. The first-order valence-corrected chi connectivity index (χ1v) is 7.20. The van der Waals surface area contributed by atoms with Crippen LogP contribution in [-0.4, -0.2) is 23.3 Å². The van der Waals surface area contributed by atoms with Gasteiger partial charge in [0.25, 0.3) is 0 Å². The van der Waals surface area contributed by atoms with Gasteiger partial charge in [-0.3, -0.25) is 5.32 Å². The lowest BCUT2D eigenvalue weighted by Crippen LogP contribution is -2.27. The summed E-state index contributed by atoms with van der Waals surface area (Å²) in [6.07, 6.45) is -0.719. The first-order valence-electron chi connectivity index (χ1n) is 6.40. The van der Waals surface area contributed by atoms with Crippen molar-refractivity contribution in [3.8, 4) is 0 Å². The van der Waals surface area contributed by atoms with E-state index in [2.05, 4.69) is 21.2 Å². The predicted octanol–water partition coefficient (Wildman–Crippen LogP) is 3.18. The molecule has 20 heavy (non-hydrogen) atoms. The Hall–Kier alpha value is -1.11. The number of aliphatic hydroxyl groups excluding tert-OH is 1. The number of hydrogen-bond acceptors (Lipinski definition) is 4. The van der Waals surface area contributed by atoms with Crippen molar-refractivity contribution in [3.05, 3.63) is 28.2 Å². The van der Waals surface area contributed by atoms with Gasteiger partial charge in [0.15, 0.2) is 0 Å². The first-order chi connectivity index (χ1) is 9.23. The Labute approximate surface area is 127 Å². The molecule has 1 rings (SSSR count). The predicted molar refractivity (Wildman–Crippen MR) is 82.6 cm³/mol. The number of ether oxygens (including phenoxy) is 1. The van der Waals surface area contributed by atoms with E-state index in [-0.39, 0.29) is 0 Å². The van der Waals surface area contributed by atoms with Crippen LogP contribution in [-0.2, 0) is 4.74 Å². The molecular formula is C14H21BrN2O3. The molecule has 0 bridgehead atoms. The van der Waals surface area contributed by atoms with Gasteiger partial charge in [-0.15, -0.1) is 0 Å². The molecule has 0 radical (unpaired) electrons. The van der Waals surface area contributed by atoms with Crippen LogP contribution in [0.1, 0.15) is 38.9 Å². The minimum atomic E-state index is -0.646. The van der Waals surface area contributed by atoms with E-state index in [9.17, 15) is 9.90 Å². The molecule has 5 nitrogen and oxygen atoms in total. The number of nitrogens with one attached hydrogen (secondary N) is 1. The molecule has 0 spiro atoms. The average molecular weight is 345 g/mol. The highest BCUT2D eigenvalue weighted by Crippen LogP contribution is 2.28. The zero-order chi connectivity index (χ0) is 15.3. The normalized spacial score (nSPS) is 12.9. The Morgan fingerprint density at radius 3 is 2.70 bits per heavy atom. The zero-order valence-corrected chi connectivity index (χ0v) is 13.5. The number of aliphatic hydroxyl groups is 1. The lowest BCUT2D eigenvalue weighted by Gasteiger charge is -2.20. The third kappa shape index (κ3) is 5.48. The Balaban J connectivity index is 2.84. The lowest BCUT2D eigenvalue weighted by molar-refractivity contribution is 0.0635. The van der Waals surface area contributed by atoms with Crippen molar-refractivity contribution in [2.45, 2.75) is 38.9 Å². The van der Waals surface area contributed by atoms with E-state index in [0.717, 1.165) is 0 Å². The van der Waals surface area contributed by atoms with Gasteiger partial charge in [-0.2, -0.15) is 0 Å². The first kappa shape index (κ1) is 16.9. The third-order valence-electron chi connectivity index (χ3n) is 2.45. The summed E-state index contributed by atoms with van der Waals surface area (Å²) in [5.41, 5.74) is 6.11.